The smallest absolute Gasteiger partial charge is 0.220 e. The van der Waals surface area contributed by atoms with Gasteiger partial charge in [-0.05, 0) is 123 Å². The standard InChI is InChI=1S/C38H40N2O8/c1-39-9-7-37-17-31(47-5)27(41)15-23(37)25(39)11-21-19(13-29(45-3)35(43)33(21)37)20-14-30(46-4)36(44)34-22(20)12-26-24-16-28(42)32(48-6)18-38(24,34)8-10-40(26)2/h13-18,25-26,43-44H,7-12H2,1-6H3. The summed E-state index contributed by atoms with van der Waals surface area (Å²) in [7, 11) is 10.2. The molecule has 0 radical (unpaired) electrons. The van der Waals surface area contributed by atoms with Gasteiger partial charge in [0.15, 0.2) is 34.5 Å². The van der Waals surface area contributed by atoms with E-state index in [-0.39, 0.29) is 46.7 Å². The normalized spacial score (nSPS) is 28.9. The third kappa shape index (κ3) is 3.81. The number of phenols is 2. The van der Waals surface area contributed by atoms with E-state index in [0.717, 1.165) is 46.5 Å². The molecule has 0 aromatic heterocycles. The van der Waals surface area contributed by atoms with Gasteiger partial charge < -0.3 is 29.2 Å². The van der Waals surface area contributed by atoms with Crippen LogP contribution < -0.4 is 9.47 Å². The number of phenolic OH excluding ortho intramolecular Hbond substituents is 2. The van der Waals surface area contributed by atoms with Crippen LogP contribution in [0.2, 0.25) is 0 Å². The van der Waals surface area contributed by atoms with Gasteiger partial charge >= 0.3 is 0 Å². The Labute approximate surface area is 279 Å². The van der Waals surface area contributed by atoms with Crippen LogP contribution in [-0.2, 0) is 42.7 Å². The van der Waals surface area contributed by atoms with Gasteiger partial charge in [-0.15, -0.1) is 0 Å². The van der Waals surface area contributed by atoms with Crippen molar-refractivity contribution in [2.24, 2.45) is 0 Å². The Kier molecular flexibility index (Phi) is 6.72. The van der Waals surface area contributed by atoms with Gasteiger partial charge in [0, 0.05) is 34.0 Å². The second-order valence-corrected chi connectivity index (χ2v) is 13.9. The van der Waals surface area contributed by atoms with E-state index in [4.69, 9.17) is 18.9 Å². The molecule has 0 amide bonds. The van der Waals surface area contributed by atoms with Crippen molar-refractivity contribution in [3.05, 3.63) is 81.4 Å². The molecule has 250 valence electrons. The first kappa shape index (κ1) is 30.8. The minimum atomic E-state index is -0.774. The Bertz CT molecular complexity index is 1820. The lowest BCUT2D eigenvalue weighted by Gasteiger charge is -2.53. The first-order chi connectivity index (χ1) is 23.0. The number of allylic oxidation sites excluding steroid dienone is 4. The van der Waals surface area contributed by atoms with E-state index < -0.39 is 10.8 Å². The largest absolute Gasteiger partial charge is 0.504 e. The number of methoxy groups -OCH3 is 4. The van der Waals surface area contributed by atoms with Crippen LogP contribution in [0, 0.1) is 0 Å². The van der Waals surface area contributed by atoms with Gasteiger partial charge in [-0.25, -0.2) is 0 Å². The summed E-state index contributed by atoms with van der Waals surface area (Å²) in [5, 5.41) is 23.9. The number of piperidine rings is 2. The number of carbonyl (C=O) groups is 2. The zero-order valence-corrected chi connectivity index (χ0v) is 28.1. The van der Waals surface area contributed by atoms with Crippen molar-refractivity contribution in [3.63, 3.8) is 0 Å². The highest BCUT2D eigenvalue weighted by Gasteiger charge is 2.55. The van der Waals surface area contributed by atoms with Crippen molar-refractivity contribution < 1.29 is 38.7 Å². The van der Waals surface area contributed by atoms with Crippen LogP contribution in [0.15, 0.2) is 59.1 Å². The summed E-state index contributed by atoms with van der Waals surface area (Å²) in [5.74, 6) is 0.871. The molecule has 2 aliphatic heterocycles. The predicted octanol–water partition coefficient (Wildman–Crippen LogP) is 3.86. The number of benzene rings is 2. The quantitative estimate of drug-likeness (QED) is 0.493. The maximum atomic E-state index is 13.1. The fraction of sp³-hybridized carbons (Fsp3) is 0.421. The van der Waals surface area contributed by atoms with Gasteiger partial charge in [-0.2, -0.15) is 0 Å². The summed E-state index contributed by atoms with van der Waals surface area (Å²) < 4.78 is 22.9. The molecule has 2 N–H and O–H groups in total. The summed E-state index contributed by atoms with van der Waals surface area (Å²) in [5.41, 5.74) is 5.40. The summed E-state index contributed by atoms with van der Waals surface area (Å²) in [4.78, 5) is 30.8. The van der Waals surface area contributed by atoms with Crippen LogP contribution in [0.3, 0.4) is 0 Å². The third-order valence-electron chi connectivity index (χ3n) is 11.9. The van der Waals surface area contributed by atoms with Crippen LogP contribution in [0.5, 0.6) is 23.0 Å². The van der Waals surface area contributed by atoms with E-state index in [1.54, 1.807) is 26.4 Å². The number of rotatable bonds is 5. The highest BCUT2D eigenvalue weighted by atomic mass is 16.5. The second-order valence-electron chi connectivity index (χ2n) is 13.9. The third-order valence-corrected chi connectivity index (χ3v) is 11.9. The van der Waals surface area contributed by atoms with Crippen molar-refractivity contribution in [3.8, 4) is 34.1 Å². The molecule has 2 saturated heterocycles. The molecule has 4 bridgehead atoms. The maximum Gasteiger partial charge on any atom is 0.220 e. The molecule has 4 unspecified atom stereocenters. The second kappa shape index (κ2) is 10.5. The molecular weight excluding hydrogens is 612 g/mol. The number of likely N-dealkylation sites (tertiary alicyclic amines) is 2. The lowest BCUT2D eigenvalue weighted by Crippen LogP contribution is -2.55. The van der Waals surface area contributed by atoms with Crippen LogP contribution in [0.25, 0.3) is 11.1 Å². The summed E-state index contributed by atoms with van der Waals surface area (Å²) in [6.45, 7) is 1.52. The zero-order valence-electron chi connectivity index (χ0n) is 28.1. The molecule has 2 aromatic rings. The minimum Gasteiger partial charge on any atom is -0.504 e. The molecule has 0 spiro atoms. The summed E-state index contributed by atoms with van der Waals surface area (Å²) in [6, 6.07) is 3.61. The molecule has 2 fully saturated rings. The number of ether oxygens (including phenoxy) is 4. The Morgan fingerprint density at radius 2 is 1.06 bits per heavy atom. The van der Waals surface area contributed by atoms with E-state index in [9.17, 15) is 19.8 Å². The number of hydrogen-bond acceptors (Lipinski definition) is 10. The first-order valence-electron chi connectivity index (χ1n) is 16.4. The zero-order chi connectivity index (χ0) is 33.9. The van der Waals surface area contributed by atoms with Gasteiger partial charge in [0.2, 0.25) is 11.6 Å². The number of nitrogens with zero attached hydrogens (tertiary/aromatic N) is 2. The molecule has 10 nitrogen and oxygen atoms in total. The first-order valence-corrected chi connectivity index (χ1v) is 16.4. The van der Waals surface area contributed by atoms with Crippen LogP contribution in [-0.4, -0.2) is 99.3 Å². The number of ketones is 2. The highest BCUT2D eigenvalue weighted by molar-refractivity contribution is 6.06. The van der Waals surface area contributed by atoms with E-state index in [2.05, 4.69) is 23.9 Å². The van der Waals surface area contributed by atoms with Crippen molar-refractivity contribution in [2.45, 2.75) is 48.6 Å². The van der Waals surface area contributed by atoms with Gasteiger partial charge in [-0.3, -0.25) is 19.4 Å². The van der Waals surface area contributed by atoms with Crippen molar-refractivity contribution in [2.75, 3.05) is 55.6 Å². The molecule has 8 rings (SSSR count). The van der Waals surface area contributed by atoms with E-state index in [1.165, 1.54) is 14.2 Å². The molecule has 4 aliphatic carbocycles. The number of likely N-dealkylation sites (N-methyl/N-ethyl adjacent to an activating group) is 2. The van der Waals surface area contributed by atoms with Crippen LogP contribution in [0.4, 0.5) is 0 Å². The highest BCUT2D eigenvalue weighted by Crippen LogP contribution is 2.61. The van der Waals surface area contributed by atoms with E-state index in [1.807, 2.05) is 24.3 Å². The van der Waals surface area contributed by atoms with Gasteiger partial charge in [-0.1, -0.05) is 0 Å². The predicted molar refractivity (Wildman–Crippen MR) is 178 cm³/mol. The molecule has 2 heterocycles. The average molecular weight is 653 g/mol. The number of carbonyl (C=O) groups excluding carboxylic acids is 2. The van der Waals surface area contributed by atoms with E-state index in [0.29, 0.717) is 48.3 Å². The van der Waals surface area contributed by atoms with Crippen molar-refractivity contribution in [1.82, 2.24) is 9.80 Å². The SMILES string of the molecule is COC1=CC23CCN(C)C(Cc4c(-c5cc(OC)c(O)c6c5CC5C7=CC(=O)C(OC)=CC76CCN5C)cc(OC)c(O)c42)C3=CC1=O. The summed E-state index contributed by atoms with van der Waals surface area (Å²) >= 11 is 0. The average Bonchev–Trinajstić information content (AvgIpc) is 3.07. The van der Waals surface area contributed by atoms with Crippen molar-refractivity contribution >= 4 is 11.6 Å². The molecule has 48 heavy (non-hydrogen) atoms. The van der Waals surface area contributed by atoms with E-state index >= 15 is 0 Å². The molecule has 10 heteroatoms. The summed E-state index contributed by atoms with van der Waals surface area (Å²) in [6.07, 6.45) is 9.55. The number of hydrogen-bond donors (Lipinski definition) is 2. The van der Waals surface area contributed by atoms with Crippen LogP contribution >= 0.6 is 0 Å². The number of fused-ring (bicyclic) bond motifs is 2. The number of aromatic hydroxyl groups is 2. The molecular formula is C38H40N2O8. The lowest BCUT2D eigenvalue weighted by atomic mass is 9.56. The molecule has 4 atom stereocenters. The fourth-order valence-electron chi connectivity index (χ4n) is 9.62. The fourth-order valence-corrected chi connectivity index (χ4v) is 9.62. The molecule has 2 aromatic carbocycles. The molecule has 6 aliphatic rings. The Hall–Kier alpha value is -4.54. The van der Waals surface area contributed by atoms with Crippen LogP contribution in [0.1, 0.15) is 35.1 Å². The van der Waals surface area contributed by atoms with Gasteiger partial charge in [0.25, 0.3) is 0 Å². The van der Waals surface area contributed by atoms with Gasteiger partial charge in [0.1, 0.15) is 0 Å². The molecule has 0 saturated carbocycles. The Balaban J connectivity index is 1.47. The van der Waals surface area contributed by atoms with Crippen molar-refractivity contribution in [1.29, 1.82) is 0 Å². The monoisotopic (exact) mass is 652 g/mol. The Morgan fingerprint density at radius 3 is 1.42 bits per heavy atom. The topological polar surface area (TPSA) is 118 Å². The minimum absolute atomic E-state index is 0.0460. The Morgan fingerprint density at radius 1 is 0.667 bits per heavy atom. The maximum absolute atomic E-state index is 13.1. The lowest BCUT2D eigenvalue weighted by molar-refractivity contribution is -0.115. The van der Waals surface area contributed by atoms with Gasteiger partial charge in [0.05, 0.1) is 28.4 Å².